The predicted molar refractivity (Wildman–Crippen MR) is 78.2 cm³/mol. The van der Waals surface area contributed by atoms with E-state index in [1.54, 1.807) is 11.3 Å². The maximum atomic E-state index is 4.30. The number of hydrogen-bond donors (Lipinski definition) is 1. The zero-order chi connectivity index (χ0) is 12.4. The van der Waals surface area contributed by atoms with E-state index in [0.717, 1.165) is 12.2 Å². The lowest BCUT2D eigenvalue weighted by Gasteiger charge is -2.25. The van der Waals surface area contributed by atoms with Gasteiger partial charge in [-0.1, -0.05) is 18.2 Å². The van der Waals surface area contributed by atoms with Gasteiger partial charge in [0.1, 0.15) is 0 Å². The average molecular weight is 276 g/mol. The van der Waals surface area contributed by atoms with Gasteiger partial charge in [-0.2, -0.15) is 0 Å². The van der Waals surface area contributed by atoms with Crippen LogP contribution < -0.4 is 5.32 Å². The van der Waals surface area contributed by atoms with Gasteiger partial charge < -0.3 is 5.32 Å². The topological polar surface area (TPSA) is 24.9 Å². The summed E-state index contributed by atoms with van der Waals surface area (Å²) < 4.78 is 0. The number of benzene rings is 1. The van der Waals surface area contributed by atoms with Crippen molar-refractivity contribution in [3.05, 3.63) is 45.9 Å². The molecule has 2 nitrogen and oxygen atoms in total. The lowest BCUT2D eigenvalue weighted by molar-refractivity contribution is 0.512. The second-order valence-electron chi connectivity index (χ2n) is 4.47. The van der Waals surface area contributed by atoms with Crippen LogP contribution in [0.5, 0.6) is 0 Å². The van der Waals surface area contributed by atoms with E-state index in [1.165, 1.54) is 27.5 Å². The number of nitrogens with zero attached hydrogens (tertiary/aromatic N) is 1. The summed E-state index contributed by atoms with van der Waals surface area (Å²) in [5.74, 6) is 1.20. The maximum Gasteiger partial charge on any atom is 0.0798 e. The van der Waals surface area contributed by atoms with Crippen LogP contribution in [0, 0.1) is 6.92 Å². The van der Waals surface area contributed by atoms with Crippen molar-refractivity contribution in [1.82, 2.24) is 10.3 Å². The third kappa shape index (κ3) is 2.46. The Balaban J connectivity index is 1.73. The molecule has 1 aliphatic heterocycles. The first-order valence-corrected chi connectivity index (χ1v) is 8.05. The molecule has 0 amide bonds. The molecule has 0 saturated carbocycles. The molecule has 0 aliphatic carbocycles. The predicted octanol–water partition coefficient (Wildman–Crippen LogP) is 3.78. The van der Waals surface area contributed by atoms with Gasteiger partial charge in [-0.3, -0.25) is 0 Å². The van der Waals surface area contributed by atoms with Gasteiger partial charge >= 0.3 is 0 Å². The van der Waals surface area contributed by atoms with Crippen molar-refractivity contribution < 1.29 is 0 Å². The van der Waals surface area contributed by atoms with Crippen LogP contribution in [-0.4, -0.2) is 10.7 Å². The van der Waals surface area contributed by atoms with Gasteiger partial charge in [0.2, 0.25) is 0 Å². The molecular formula is C14H16N2S2. The fraction of sp³-hybridized carbons (Fsp3) is 0.357. The highest BCUT2D eigenvalue weighted by Gasteiger charge is 2.19. The SMILES string of the molecule is Cc1ncsc1CNC1CCSc2ccccc21. The molecule has 1 N–H and O–H groups in total. The van der Waals surface area contributed by atoms with Gasteiger partial charge in [-0.05, 0) is 30.7 Å². The van der Waals surface area contributed by atoms with Crippen molar-refractivity contribution in [3.63, 3.8) is 0 Å². The molecule has 0 bridgehead atoms. The van der Waals surface area contributed by atoms with Crippen molar-refractivity contribution in [2.75, 3.05) is 5.75 Å². The minimum atomic E-state index is 0.490. The van der Waals surface area contributed by atoms with Gasteiger partial charge in [0.25, 0.3) is 0 Å². The van der Waals surface area contributed by atoms with Gasteiger partial charge in [0.15, 0.2) is 0 Å². The first-order valence-electron chi connectivity index (χ1n) is 6.18. The van der Waals surface area contributed by atoms with E-state index in [2.05, 4.69) is 41.5 Å². The number of nitrogens with one attached hydrogen (secondary N) is 1. The summed E-state index contributed by atoms with van der Waals surface area (Å²) in [6.07, 6.45) is 1.21. The van der Waals surface area contributed by atoms with E-state index in [0.29, 0.717) is 6.04 Å². The minimum absolute atomic E-state index is 0.490. The van der Waals surface area contributed by atoms with Crippen LogP contribution >= 0.6 is 23.1 Å². The molecule has 1 aromatic heterocycles. The molecule has 0 fully saturated rings. The molecule has 1 atom stereocenters. The van der Waals surface area contributed by atoms with E-state index in [1.807, 2.05) is 17.3 Å². The van der Waals surface area contributed by atoms with E-state index in [-0.39, 0.29) is 0 Å². The van der Waals surface area contributed by atoms with Crippen molar-refractivity contribution in [2.45, 2.75) is 30.8 Å². The second kappa shape index (κ2) is 5.43. The average Bonchev–Trinajstić information content (AvgIpc) is 2.82. The molecule has 94 valence electrons. The minimum Gasteiger partial charge on any atom is -0.305 e. The summed E-state index contributed by atoms with van der Waals surface area (Å²) >= 11 is 3.71. The van der Waals surface area contributed by atoms with E-state index in [4.69, 9.17) is 0 Å². The number of thioether (sulfide) groups is 1. The van der Waals surface area contributed by atoms with Crippen LogP contribution in [0.25, 0.3) is 0 Å². The molecule has 2 aromatic rings. The Bertz CT molecular complexity index is 536. The number of aromatic nitrogens is 1. The van der Waals surface area contributed by atoms with E-state index in [9.17, 15) is 0 Å². The lowest BCUT2D eigenvalue weighted by Crippen LogP contribution is -2.24. The van der Waals surface area contributed by atoms with Gasteiger partial charge in [-0.15, -0.1) is 23.1 Å². The number of fused-ring (bicyclic) bond motifs is 1. The fourth-order valence-electron chi connectivity index (χ4n) is 2.27. The monoisotopic (exact) mass is 276 g/mol. The highest BCUT2D eigenvalue weighted by atomic mass is 32.2. The molecule has 2 heterocycles. The normalized spacial score (nSPS) is 18.6. The van der Waals surface area contributed by atoms with Crippen molar-refractivity contribution in [2.24, 2.45) is 0 Å². The largest absolute Gasteiger partial charge is 0.305 e. The summed E-state index contributed by atoms with van der Waals surface area (Å²) in [7, 11) is 0. The molecule has 0 radical (unpaired) electrons. The molecule has 0 spiro atoms. The number of hydrogen-bond acceptors (Lipinski definition) is 4. The molecule has 3 rings (SSSR count). The zero-order valence-corrected chi connectivity index (χ0v) is 12.0. The summed E-state index contributed by atoms with van der Waals surface area (Å²) in [5.41, 5.74) is 4.54. The summed E-state index contributed by atoms with van der Waals surface area (Å²) in [6.45, 7) is 3.01. The summed E-state index contributed by atoms with van der Waals surface area (Å²) in [4.78, 5) is 7.08. The van der Waals surface area contributed by atoms with Gasteiger partial charge in [0, 0.05) is 22.4 Å². The van der Waals surface area contributed by atoms with Crippen LogP contribution in [0.15, 0.2) is 34.7 Å². The number of thiazole rings is 1. The van der Waals surface area contributed by atoms with Crippen LogP contribution in [0.1, 0.15) is 28.6 Å². The smallest absolute Gasteiger partial charge is 0.0798 e. The first-order chi connectivity index (χ1) is 8.84. The van der Waals surface area contributed by atoms with Crippen LogP contribution in [0.3, 0.4) is 0 Å². The fourth-order valence-corrected chi connectivity index (χ4v) is 4.12. The molecule has 1 unspecified atom stereocenters. The quantitative estimate of drug-likeness (QED) is 0.923. The Morgan fingerprint density at radius 2 is 2.28 bits per heavy atom. The standard InChI is InChI=1S/C14H16N2S2/c1-10-14(18-9-16-10)8-15-12-6-7-17-13-5-3-2-4-11(12)13/h2-5,9,12,15H,6-8H2,1H3. The number of rotatable bonds is 3. The Hall–Kier alpha value is -0.840. The maximum absolute atomic E-state index is 4.30. The second-order valence-corrected chi connectivity index (χ2v) is 6.55. The molecule has 1 aromatic carbocycles. The molecule has 4 heteroatoms. The van der Waals surface area contributed by atoms with Crippen LogP contribution in [-0.2, 0) is 6.54 Å². The Morgan fingerprint density at radius 1 is 1.39 bits per heavy atom. The van der Waals surface area contributed by atoms with Crippen LogP contribution in [0.2, 0.25) is 0 Å². The summed E-state index contributed by atoms with van der Waals surface area (Å²) in [5, 5.41) is 3.68. The highest BCUT2D eigenvalue weighted by Crippen LogP contribution is 2.36. The Morgan fingerprint density at radius 3 is 3.11 bits per heavy atom. The highest BCUT2D eigenvalue weighted by molar-refractivity contribution is 7.99. The van der Waals surface area contributed by atoms with Crippen molar-refractivity contribution in [1.29, 1.82) is 0 Å². The molecule has 0 saturated heterocycles. The lowest BCUT2D eigenvalue weighted by atomic mass is 10.0. The molecule has 1 aliphatic rings. The zero-order valence-electron chi connectivity index (χ0n) is 10.3. The van der Waals surface area contributed by atoms with Gasteiger partial charge in [-0.25, -0.2) is 4.98 Å². The van der Waals surface area contributed by atoms with Crippen molar-refractivity contribution in [3.8, 4) is 0 Å². The Kier molecular flexibility index (Phi) is 3.68. The number of aryl methyl sites for hydroxylation is 1. The molecular weight excluding hydrogens is 260 g/mol. The first kappa shape index (κ1) is 12.2. The van der Waals surface area contributed by atoms with E-state index < -0.39 is 0 Å². The molecule has 18 heavy (non-hydrogen) atoms. The van der Waals surface area contributed by atoms with E-state index >= 15 is 0 Å². The van der Waals surface area contributed by atoms with Gasteiger partial charge in [0.05, 0.1) is 11.2 Å². The third-order valence-electron chi connectivity index (χ3n) is 3.31. The van der Waals surface area contributed by atoms with Crippen LogP contribution in [0.4, 0.5) is 0 Å². The third-order valence-corrected chi connectivity index (χ3v) is 5.37. The Labute approximate surface area is 116 Å². The summed E-state index contributed by atoms with van der Waals surface area (Å²) in [6, 6.07) is 9.23. The van der Waals surface area contributed by atoms with Crippen molar-refractivity contribution >= 4 is 23.1 Å².